The molecule has 1 aromatic rings. The maximum Gasteiger partial charge on any atom is 0.131 e. The Hall–Kier alpha value is -0.580. The van der Waals surface area contributed by atoms with Gasteiger partial charge in [-0.25, -0.2) is 0 Å². The summed E-state index contributed by atoms with van der Waals surface area (Å²) in [5, 5.41) is 17.8. The quantitative estimate of drug-likeness (QED) is 0.736. The number of hydrogen-bond donors (Lipinski definition) is 2. The van der Waals surface area contributed by atoms with Crippen LogP contribution < -0.4 is 5.32 Å². The first-order chi connectivity index (χ1) is 8.10. The standard InChI is InChI=1S/C12H22ClN3O/c1-4-9(17)6-7-14-8-10-11(5-2)15-16(3)12(10)13/h9,14,17H,4-8H2,1-3H3. The maximum absolute atomic E-state index is 9.43. The zero-order valence-corrected chi connectivity index (χ0v) is 11.6. The van der Waals surface area contributed by atoms with Gasteiger partial charge in [0.2, 0.25) is 0 Å². The average molecular weight is 260 g/mol. The Morgan fingerprint density at radius 3 is 2.76 bits per heavy atom. The van der Waals surface area contributed by atoms with Crippen LogP contribution in [0.3, 0.4) is 0 Å². The van der Waals surface area contributed by atoms with E-state index in [9.17, 15) is 5.11 Å². The summed E-state index contributed by atoms with van der Waals surface area (Å²) in [7, 11) is 1.85. The highest BCUT2D eigenvalue weighted by Gasteiger charge is 2.12. The molecule has 0 fully saturated rings. The number of aryl methyl sites for hydroxylation is 2. The second-order valence-electron chi connectivity index (χ2n) is 4.22. The fourth-order valence-corrected chi connectivity index (χ4v) is 1.96. The molecule has 1 aromatic heterocycles. The van der Waals surface area contributed by atoms with Crippen molar-refractivity contribution in [2.24, 2.45) is 7.05 Å². The number of halogens is 1. The molecule has 0 amide bonds. The number of aliphatic hydroxyl groups excluding tert-OH is 1. The molecule has 98 valence electrons. The largest absolute Gasteiger partial charge is 0.393 e. The number of nitrogens with zero attached hydrogens (tertiary/aromatic N) is 2. The van der Waals surface area contributed by atoms with Crippen molar-refractivity contribution in [2.75, 3.05) is 6.54 Å². The van der Waals surface area contributed by atoms with Gasteiger partial charge in [-0.2, -0.15) is 5.10 Å². The number of aromatic nitrogens is 2. The molecular formula is C12H22ClN3O. The summed E-state index contributed by atoms with van der Waals surface area (Å²) in [5.74, 6) is 0. The van der Waals surface area contributed by atoms with E-state index in [1.54, 1.807) is 4.68 Å². The third kappa shape index (κ3) is 3.98. The van der Waals surface area contributed by atoms with Gasteiger partial charge in [0.15, 0.2) is 0 Å². The molecule has 0 aliphatic carbocycles. The van der Waals surface area contributed by atoms with E-state index in [2.05, 4.69) is 17.3 Å². The van der Waals surface area contributed by atoms with E-state index >= 15 is 0 Å². The van der Waals surface area contributed by atoms with E-state index in [4.69, 9.17) is 11.6 Å². The van der Waals surface area contributed by atoms with Crippen molar-refractivity contribution >= 4 is 11.6 Å². The van der Waals surface area contributed by atoms with Crippen molar-refractivity contribution in [1.29, 1.82) is 0 Å². The summed E-state index contributed by atoms with van der Waals surface area (Å²) < 4.78 is 1.71. The molecule has 0 saturated carbocycles. The molecule has 0 aliphatic rings. The predicted octanol–water partition coefficient (Wildman–Crippen LogP) is 1.89. The van der Waals surface area contributed by atoms with Gasteiger partial charge in [0.05, 0.1) is 11.8 Å². The predicted molar refractivity (Wildman–Crippen MR) is 70.2 cm³/mol. The van der Waals surface area contributed by atoms with E-state index in [1.807, 2.05) is 14.0 Å². The minimum absolute atomic E-state index is 0.211. The molecule has 0 aliphatic heterocycles. The lowest BCUT2D eigenvalue weighted by Gasteiger charge is -2.08. The van der Waals surface area contributed by atoms with Gasteiger partial charge in [0, 0.05) is 19.2 Å². The molecule has 1 heterocycles. The number of hydrogen-bond acceptors (Lipinski definition) is 3. The number of rotatable bonds is 7. The van der Waals surface area contributed by atoms with Gasteiger partial charge in [-0.05, 0) is 25.8 Å². The lowest BCUT2D eigenvalue weighted by molar-refractivity contribution is 0.159. The van der Waals surface area contributed by atoms with Gasteiger partial charge < -0.3 is 10.4 Å². The van der Waals surface area contributed by atoms with E-state index in [0.29, 0.717) is 11.7 Å². The zero-order valence-electron chi connectivity index (χ0n) is 10.8. The molecule has 1 rings (SSSR count). The van der Waals surface area contributed by atoms with Crippen LogP contribution in [0.5, 0.6) is 0 Å². The van der Waals surface area contributed by atoms with Crippen LogP contribution in [0.2, 0.25) is 5.15 Å². The highest BCUT2D eigenvalue weighted by atomic mass is 35.5. The van der Waals surface area contributed by atoms with Gasteiger partial charge in [-0.3, -0.25) is 4.68 Å². The molecule has 0 saturated heterocycles. The van der Waals surface area contributed by atoms with Gasteiger partial charge >= 0.3 is 0 Å². The Kier molecular flexibility index (Phi) is 5.95. The van der Waals surface area contributed by atoms with E-state index < -0.39 is 0 Å². The molecule has 1 unspecified atom stereocenters. The van der Waals surface area contributed by atoms with Crippen LogP contribution in [0.25, 0.3) is 0 Å². The molecule has 4 nitrogen and oxygen atoms in total. The van der Waals surface area contributed by atoms with E-state index in [-0.39, 0.29) is 6.10 Å². The number of nitrogens with one attached hydrogen (secondary N) is 1. The second kappa shape index (κ2) is 6.99. The van der Waals surface area contributed by atoms with Crippen LogP contribution in [0.1, 0.15) is 37.9 Å². The fourth-order valence-electron chi connectivity index (χ4n) is 1.74. The smallest absolute Gasteiger partial charge is 0.131 e. The SMILES string of the molecule is CCc1nn(C)c(Cl)c1CNCCC(O)CC. The topological polar surface area (TPSA) is 50.1 Å². The van der Waals surface area contributed by atoms with Crippen molar-refractivity contribution < 1.29 is 5.11 Å². The normalized spacial score (nSPS) is 13.0. The first-order valence-electron chi connectivity index (χ1n) is 6.19. The van der Waals surface area contributed by atoms with Crippen molar-refractivity contribution in [3.8, 4) is 0 Å². The summed E-state index contributed by atoms with van der Waals surface area (Å²) in [6, 6.07) is 0. The van der Waals surface area contributed by atoms with Crippen LogP contribution >= 0.6 is 11.6 Å². The molecule has 1 atom stereocenters. The van der Waals surface area contributed by atoms with Crippen molar-refractivity contribution in [3.63, 3.8) is 0 Å². The molecular weight excluding hydrogens is 238 g/mol. The van der Waals surface area contributed by atoms with Crippen molar-refractivity contribution in [2.45, 2.75) is 45.8 Å². The molecule has 0 spiro atoms. The van der Waals surface area contributed by atoms with Gasteiger partial charge in [-0.15, -0.1) is 0 Å². The summed E-state index contributed by atoms with van der Waals surface area (Å²) in [5.41, 5.74) is 2.11. The summed E-state index contributed by atoms with van der Waals surface area (Å²) >= 11 is 6.17. The minimum atomic E-state index is -0.211. The Morgan fingerprint density at radius 1 is 1.47 bits per heavy atom. The van der Waals surface area contributed by atoms with Gasteiger partial charge in [0.1, 0.15) is 5.15 Å². The van der Waals surface area contributed by atoms with Gasteiger partial charge in [0.25, 0.3) is 0 Å². The minimum Gasteiger partial charge on any atom is -0.393 e. The molecule has 0 aromatic carbocycles. The summed E-state index contributed by atoms with van der Waals surface area (Å²) in [4.78, 5) is 0. The Bertz CT molecular complexity index is 352. The second-order valence-corrected chi connectivity index (χ2v) is 4.58. The molecule has 5 heteroatoms. The highest BCUT2D eigenvalue weighted by molar-refractivity contribution is 6.30. The van der Waals surface area contributed by atoms with Crippen LogP contribution in [0, 0.1) is 0 Å². The van der Waals surface area contributed by atoms with Crippen molar-refractivity contribution in [1.82, 2.24) is 15.1 Å². The fraction of sp³-hybridized carbons (Fsp3) is 0.750. The average Bonchev–Trinajstić information content (AvgIpc) is 2.61. The van der Waals surface area contributed by atoms with Crippen LogP contribution in [-0.4, -0.2) is 27.5 Å². The Labute approximate surface area is 108 Å². The maximum atomic E-state index is 9.43. The first kappa shape index (κ1) is 14.5. The van der Waals surface area contributed by atoms with Crippen molar-refractivity contribution in [3.05, 3.63) is 16.4 Å². The monoisotopic (exact) mass is 259 g/mol. The molecule has 2 N–H and O–H groups in total. The lowest BCUT2D eigenvalue weighted by Crippen LogP contribution is -2.20. The van der Waals surface area contributed by atoms with Crippen LogP contribution in [0.15, 0.2) is 0 Å². The number of aliphatic hydroxyl groups is 1. The van der Waals surface area contributed by atoms with E-state index in [0.717, 1.165) is 37.1 Å². The third-order valence-electron chi connectivity index (χ3n) is 2.91. The van der Waals surface area contributed by atoms with Crippen LogP contribution in [0.4, 0.5) is 0 Å². The first-order valence-corrected chi connectivity index (χ1v) is 6.56. The molecule has 0 radical (unpaired) electrons. The van der Waals surface area contributed by atoms with E-state index in [1.165, 1.54) is 0 Å². The summed E-state index contributed by atoms with van der Waals surface area (Å²) in [6.45, 7) is 5.57. The third-order valence-corrected chi connectivity index (χ3v) is 3.39. The lowest BCUT2D eigenvalue weighted by atomic mass is 10.2. The molecule has 0 bridgehead atoms. The zero-order chi connectivity index (χ0) is 12.8. The van der Waals surface area contributed by atoms with Crippen LogP contribution in [-0.2, 0) is 20.0 Å². The van der Waals surface area contributed by atoms with Gasteiger partial charge in [-0.1, -0.05) is 25.4 Å². The Morgan fingerprint density at radius 2 is 2.18 bits per heavy atom. The molecule has 17 heavy (non-hydrogen) atoms. The Balaban J connectivity index is 2.46. The highest BCUT2D eigenvalue weighted by Crippen LogP contribution is 2.19. The summed E-state index contributed by atoms with van der Waals surface area (Å²) in [6.07, 6.45) is 2.25.